The van der Waals surface area contributed by atoms with E-state index in [0.717, 1.165) is 18.2 Å². The van der Waals surface area contributed by atoms with Gasteiger partial charge in [0.1, 0.15) is 5.75 Å². The van der Waals surface area contributed by atoms with Crippen LogP contribution in [0.5, 0.6) is 5.75 Å². The number of ether oxygens (including phenoxy) is 1. The number of piperidine rings is 1. The zero-order chi connectivity index (χ0) is 13.7. The number of rotatable bonds is 5. The summed E-state index contributed by atoms with van der Waals surface area (Å²) in [7, 11) is 3.78. The van der Waals surface area contributed by atoms with Crippen molar-refractivity contribution in [1.29, 1.82) is 0 Å². The van der Waals surface area contributed by atoms with Gasteiger partial charge in [0.05, 0.1) is 7.11 Å². The van der Waals surface area contributed by atoms with E-state index in [1.54, 1.807) is 7.11 Å². The number of likely N-dealkylation sites (tertiary alicyclic amines) is 1. The molecule has 0 spiro atoms. The first kappa shape index (κ1) is 14.4. The fourth-order valence-corrected chi connectivity index (χ4v) is 3.02. The van der Waals surface area contributed by atoms with Gasteiger partial charge in [-0.25, -0.2) is 0 Å². The minimum atomic E-state index is 0.467. The standard InChI is InChI=1S/C16H26N2O/c1-13(15-7-4-8-16(10-15)19-3)18-9-5-6-14(12-18)11-17-2/h4,7-8,10,13-14,17H,5-6,9,11-12H2,1-3H3/t13-,14+/m0/s1. The molecule has 19 heavy (non-hydrogen) atoms. The average molecular weight is 262 g/mol. The summed E-state index contributed by atoms with van der Waals surface area (Å²) < 4.78 is 5.32. The predicted molar refractivity (Wildman–Crippen MR) is 79.6 cm³/mol. The number of methoxy groups -OCH3 is 1. The quantitative estimate of drug-likeness (QED) is 0.883. The number of benzene rings is 1. The second kappa shape index (κ2) is 6.92. The van der Waals surface area contributed by atoms with Crippen molar-refractivity contribution < 1.29 is 4.74 Å². The minimum absolute atomic E-state index is 0.467. The largest absolute Gasteiger partial charge is 0.497 e. The summed E-state index contributed by atoms with van der Waals surface area (Å²) >= 11 is 0. The predicted octanol–water partition coefficient (Wildman–Crippen LogP) is 2.69. The molecule has 2 rings (SSSR count). The zero-order valence-corrected chi connectivity index (χ0v) is 12.4. The molecule has 3 heteroatoms. The zero-order valence-electron chi connectivity index (χ0n) is 12.4. The number of hydrogen-bond donors (Lipinski definition) is 1. The Balaban J connectivity index is 2.03. The lowest BCUT2D eigenvalue weighted by Crippen LogP contribution is -2.40. The van der Waals surface area contributed by atoms with Gasteiger partial charge >= 0.3 is 0 Å². The SMILES string of the molecule is CNC[C@H]1CCCN([C@@H](C)c2cccc(OC)c2)C1. The van der Waals surface area contributed by atoms with E-state index in [-0.39, 0.29) is 0 Å². The van der Waals surface area contributed by atoms with Crippen LogP contribution in [0.2, 0.25) is 0 Å². The molecule has 0 bridgehead atoms. The molecule has 1 heterocycles. The monoisotopic (exact) mass is 262 g/mol. The Morgan fingerprint density at radius 2 is 2.32 bits per heavy atom. The van der Waals surface area contributed by atoms with Gasteiger partial charge in [-0.1, -0.05) is 12.1 Å². The van der Waals surface area contributed by atoms with Crippen LogP contribution in [0, 0.1) is 5.92 Å². The third-order valence-electron chi connectivity index (χ3n) is 4.17. The molecule has 0 unspecified atom stereocenters. The molecule has 1 N–H and O–H groups in total. The molecule has 1 aliphatic rings. The van der Waals surface area contributed by atoms with Gasteiger partial charge in [0.2, 0.25) is 0 Å². The summed E-state index contributed by atoms with van der Waals surface area (Å²) in [4.78, 5) is 2.60. The van der Waals surface area contributed by atoms with Gasteiger partial charge in [-0.05, 0) is 63.5 Å². The molecule has 1 saturated heterocycles. The van der Waals surface area contributed by atoms with E-state index < -0.39 is 0 Å². The maximum absolute atomic E-state index is 5.32. The molecule has 1 aromatic carbocycles. The van der Waals surface area contributed by atoms with Gasteiger partial charge in [0, 0.05) is 12.6 Å². The van der Waals surface area contributed by atoms with E-state index in [2.05, 4.69) is 35.3 Å². The number of nitrogens with one attached hydrogen (secondary N) is 1. The lowest BCUT2D eigenvalue weighted by molar-refractivity contribution is 0.131. The molecular formula is C16H26N2O. The Morgan fingerprint density at radius 3 is 3.05 bits per heavy atom. The van der Waals surface area contributed by atoms with Crippen molar-refractivity contribution in [2.24, 2.45) is 5.92 Å². The molecule has 3 nitrogen and oxygen atoms in total. The van der Waals surface area contributed by atoms with Crippen molar-refractivity contribution >= 4 is 0 Å². The molecule has 0 aromatic heterocycles. The van der Waals surface area contributed by atoms with Crippen LogP contribution >= 0.6 is 0 Å². The summed E-state index contributed by atoms with van der Waals surface area (Å²) in [5.41, 5.74) is 1.35. The number of hydrogen-bond acceptors (Lipinski definition) is 3. The van der Waals surface area contributed by atoms with Crippen LogP contribution in [0.25, 0.3) is 0 Å². The molecule has 0 aliphatic carbocycles. The van der Waals surface area contributed by atoms with Crippen LogP contribution < -0.4 is 10.1 Å². The first-order chi connectivity index (χ1) is 9.24. The van der Waals surface area contributed by atoms with Gasteiger partial charge < -0.3 is 10.1 Å². The Bertz CT molecular complexity index is 392. The molecule has 1 aliphatic heterocycles. The van der Waals surface area contributed by atoms with Crippen molar-refractivity contribution in [3.05, 3.63) is 29.8 Å². The third kappa shape index (κ3) is 3.71. The van der Waals surface area contributed by atoms with E-state index in [9.17, 15) is 0 Å². The molecule has 106 valence electrons. The van der Waals surface area contributed by atoms with Crippen LogP contribution in [0.15, 0.2) is 24.3 Å². The number of nitrogens with zero attached hydrogens (tertiary/aromatic N) is 1. The highest BCUT2D eigenvalue weighted by molar-refractivity contribution is 5.30. The summed E-state index contributed by atoms with van der Waals surface area (Å²) in [6, 6.07) is 8.92. The Labute approximate surface area is 116 Å². The van der Waals surface area contributed by atoms with Crippen LogP contribution in [-0.2, 0) is 0 Å². The Kier molecular flexibility index (Phi) is 5.23. The highest BCUT2D eigenvalue weighted by Crippen LogP contribution is 2.28. The molecule has 1 aromatic rings. The highest BCUT2D eigenvalue weighted by atomic mass is 16.5. The van der Waals surface area contributed by atoms with Crippen molar-refractivity contribution in [1.82, 2.24) is 10.2 Å². The molecule has 1 fully saturated rings. The van der Waals surface area contributed by atoms with Gasteiger partial charge in [0.15, 0.2) is 0 Å². The van der Waals surface area contributed by atoms with E-state index in [0.29, 0.717) is 6.04 Å². The summed E-state index contributed by atoms with van der Waals surface area (Å²) in [6.45, 7) is 5.83. The third-order valence-corrected chi connectivity index (χ3v) is 4.17. The van der Waals surface area contributed by atoms with E-state index in [4.69, 9.17) is 4.74 Å². The first-order valence-electron chi connectivity index (χ1n) is 7.27. The molecule has 0 radical (unpaired) electrons. The van der Waals surface area contributed by atoms with Gasteiger partial charge in [-0.15, -0.1) is 0 Å². The minimum Gasteiger partial charge on any atom is -0.497 e. The van der Waals surface area contributed by atoms with Crippen molar-refractivity contribution in [3.8, 4) is 5.75 Å². The lowest BCUT2D eigenvalue weighted by Gasteiger charge is -2.37. The van der Waals surface area contributed by atoms with Crippen molar-refractivity contribution in [2.45, 2.75) is 25.8 Å². The molecular weight excluding hydrogens is 236 g/mol. The maximum atomic E-state index is 5.32. The van der Waals surface area contributed by atoms with Crippen molar-refractivity contribution in [2.75, 3.05) is 33.8 Å². The fraction of sp³-hybridized carbons (Fsp3) is 0.625. The first-order valence-corrected chi connectivity index (χ1v) is 7.27. The Hall–Kier alpha value is -1.06. The molecule has 0 amide bonds. The normalized spacial score (nSPS) is 22.2. The van der Waals surface area contributed by atoms with Crippen LogP contribution in [-0.4, -0.2) is 38.7 Å². The van der Waals surface area contributed by atoms with Gasteiger partial charge in [0.25, 0.3) is 0 Å². The second-order valence-corrected chi connectivity index (χ2v) is 5.51. The van der Waals surface area contributed by atoms with E-state index in [1.807, 2.05) is 13.1 Å². The summed E-state index contributed by atoms with van der Waals surface area (Å²) in [6.07, 6.45) is 2.66. The highest BCUT2D eigenvalue weighted by Gasteiger charge is 2.23. The topological polar surface area (TPSA) is 24.5 Å². The van der Waals surface area contributed by atoms with Gasteiger partial charge in [-0.2, -0.15) is 0 Å². The molecule has 2 atom stereocenters. The molecule has 0 saturated carbocycles. The average Bonchev–Trinajstić information content (AvgIpc) is 2.47. The summed E-state index contributed by atoms with van der Waals surface area (Å²) in [5.74, 6) is 1.74. The van der Waals surface area contributed by atoms with Crippen molar-refractivity contribution in [3.63, 3.8) is 0 Å². The van der Waals surface area contributed by atoms with E-state index in [1.165, 1.54) is 31.5 Å². The maximum Gasteiger partial charge on any atom is 0.119 e. The van der Waals surface area contributed by atoms with E-state index >= 15 is 0 Å². The van der Waals surface area contributed by atoms with Gasteiger partial charge in [-0.3, -0.25) is 4.90 Å². The Morgan fingerprint density at radius 1 is 1.47 bits per heavy atom. The fourth-order valence-electron chi connectivity index (χ4n) is 3.02. The van der Waals surface area contributed by atoms with Crippen LogP contribution in [0.4, 0.5) is 0 Å². The smallest absolute Gasteiger partial charge is 0.119 e. The lowest BCUT2D eigenvalue weighted by atomic mass is 9.95. The summed E-state index contributed by atoms with van der Waals surface area (Å²) in [5, 5.41) is 3.31. The second-order valence-electron chi connectivity index (χ2n) is 5.51. The van der Waals surface area contributed by atoms with Crippen LogP contribution in [0.1, 0.15) is 31.4 Å². The van der Waals surface area contributed by atoms with Crippen LogP contribution in [0.3, 0.4) is 0 Å².